The summed E-state index contributed by atoms with van der Waals surface area (Å²) >= 11 is 0. The molecule has 0 spiro atoms. The minimum absolute atomic E-state index is 0.0789. The highest BCUT2D eigenvalue weighted by Crippen LogP contribution is 2.26. The van der Waals surface area contributed by atoms with Crippen molar-refractivity contribution in [2.45, 2.75) is 355 Å². The summed E-state index contributed by atoms with van der Waals surface area (Å²) in [5.74, 6) is 49.1. The Hall–Kier alpha value is -10.5. The highest BCUT2D eigenvalue weighted by molar-refractivity contribution is 5.53. The number of nitrogens with zero attached hydrogens (tertiary/aromatic N) is 9. The number of pyridine rings is 6. The highest BCUT2D eigenvalue weighted by atomic mass is 16.7. The van der Waals surface area contributed by atoms with Crippen LogP contribution in [0.3, 0.4) is 0 Å². The number of ether oxygens (including phenoxy) is 8. The van der Waals surface area contributed by atoms with E-state index in [1.165, 1.54) is 122 Å². The fraction of sp³-hybridized carbons (Fsp3) is 0.578. The van der Waals surface area contributed by atoms with Crippen LogP contribution in [0.4, 0.5) is 0 Å². The van der Waals surface area contributed by atoms with Gasteiger partial charge in [-0.3, -0.25) is 0 Å². The van der Waals surface area contributed by atoms with Crippen LogP contribution < -0.4 is 28.4 Å². The zero-order valence-corrected chi connectivity index (χ0v) is 79.6. The lowest BCUT2D eigenvalue weighted by atomic mass is 9.99. The van der Waals surface area contributed by atoms with Crippen LogP contribution in [0, 0.1) is 82.9 Å². The average Bonchev–Trinajstić information content (AvgIpc) is 1.16. The molecule has 8 heterocycles. The maximum Gasteiger partial charge on any atom is 0.186 e. The summed E-state index contributed by atoms with van der Waals surface area (Å²) < 4.78 is 51.4. The van der Waals surface area contributed by atoms with E-state index in [0.29, 0.717) is 162 Å². The van der Waals surface area contributed by atoms with Crippen molar-refractivity contribution in [2.24, 2.45) is 0 Å². The SMILES string of the molecule is CCCCCCCCOc1cc(C#CCCCCc2cn(CCO[C@H]3O[C@H](CO)[C@@H](O)[C@H](O)[C@@H]3O)nn2)nc(C#Cc2cc(OCCCCCCCC)cc(C#Cc3cc(OCCCCCCCC)cc(C#Cc4cc(OCCCCCCCC)cc(C#Cc5cc(OCCCCCCCC)cc(C#Cc6cc(OCCCCCCCC)cc(C#CC(C)(C)O)n6)n5)n4)n3)n2)c1. The van der Waals surface area contributed by atoms with Gasteiger partial charge in [-0.1, -0.05) is 251 Å². The van der Waals surface area contributed by atoms with Gasteiger partial charge in [0.05, 0.1) is 65.1 Å². The first-order valence-corrected chi connectivity index (χ1v) is 49.1. The van der Waals surface area contributed by atoms with E-state index >= 15 is 0 Å². The fourth-order valence-electron chi connectivity index (χ4n) is 14.3. The maximum atomic E-state index is 10.5. The van der Waals surface area contributed by atoms with Gasteiger partial charge in [-0.2, -0.15) is 0 Å². The number of rotatable bonds is 57. The second kappa shape index (κ2) is 63.5. The molecule has 5 N–H and O–H groups in total. The Labute approximate surface area is 782 Å². The van der Waals surface area contributed by atoms with Gasteiger partial charge in [0, 0.05) is 85.4 Å². The van der Waals surface area contributed by atoms with Gasteiger partial charge in [0.2, 0.25) is 0 Å². The highest BCUT2D eigenvalue weighted by Gasteiger charge is 2.44. The smallest absolute Gasteiger partial charge is 0.186 e. The van der Waals surface area contributed by atoms with E-state index in [-0.39, 0.29) is 6.61 Å². The zero-order chi connectivity index (χ0) is 93.0. The Balaban J connectivity index is 1.09. The van der Waals surface area contributed by atoms with E-state index in [1.807, 2.05) is 72.9 Å². The Morgan fingerprint density at radius 3 is 0.870 bits per heavy atom. The summed E-state index contributed by atoms with van der Waals surface area (Å²) in [5.41, 5.74) is 4.86. The van der Waals surface area contributed by atoms with Gasteiger partial charge in [0.25, 0.3) is 0 Å². The standard InChI is InChI=1S/C109H145N9O13/c1-9-15-21-27-35-43-64-124-98-71-85(49-41-33-34-42-50-97-83-118(117-116-97)63-70-130-108-107(122)106(121)105(120)104(84-119)131-108)110-86(72-98)51-52-87-73-99(125-65-44-36-28-22-16-10-2)74-88(111-87)53-54-89-75-100(126-66-45-37-29-23-17-11-3)76-90(112-89)55-56-91-77-101(127-67-46-38-30-24-18-12-4)78-92(113-91)57-58-93-79-102(128-68-47-39-31-25-19-13-5)80-94(114-93)59-60-95-81-103(129-69-48-40-32-26-20-14-6)82-96(115-95)61-62-109(7,8)123/h71-83,104-108,119-123H,9-40,42-48,50,63-70,84H2,1-8H3/t104-,105-,106+,107+,108+/m1/s1. The molecule has 0 unspecified atom stereocenters. The molecule has 22 heteroatoms. The van der Waals surface area contributed by atoms with Crippen LogP contribution in [0.25, 0.3) is 0 Å². The van der Waals surface area contributed by atoms with Crippen molar-refractivity contribution < 1.29 is 63.4 Å². The third kappa shape index (κ3) is 44.5. The van der Waals surface area contributed by atoms with E-state index in [4.69, 9.17) is 67.8 Å². The molecule has 0 saturated carbocycles. The summed E-state index contributed by atoms with van der Waals surface area (Å²) in [6.45, 7) is 19.6. The summed E-state index contributed by atoms with van der Waals surface area (Å²) in [5, 5.41) is 59.3. The van der Waals surface area contributed by atoms with Crippen LogP contribution in [0.1, 0.15) is 380 Å². The predicted octanol–water partition coefficient (Wildman–Crippen LogP) is 19.8. The number of aliphatic hydroxyl groups is 5. The molecule has 1 aliphatic heterocycles. The van der Waals surface area contributed by atoms with Gasteiger partial charge in [-0.15, -0.1) is 5.10 Å². The topological polar surface area (TPSA) is 283 Å². The molecule has 0 aromatic carbocycles. The molecular weight excluding hydrogens is 1640 g/mol. The lowest BCUT2D eigenvalue weighted by Gasteiger charge is -2.39. The summed E-state index contributed by atoms with van der Waals surface area (Å²) in [4.78, 5) is 29.7. The van der Waals surface area contributed by atoms with Crippen LogP contribution >= 0.6 is 0 Å². The number of aryl methyl sites for hydroxylation is 1. The van der Waals surface area contributed by atoms with Crippen LogP contribution in [0.15, 0.2) is 79.0 Å². The molecule has 22 nitrogen and oxygen atoms in total. The van der Waals surface area contributed by atoms with Gasteiger partial charge in [-0.05, 0) is 143 Å². The lowest BCUT2D eigenvalue weighted by molar-refractivity contribution is -0.301. The largest absolute Gasteiger partial charge is 0.493 e. The summed E-state index contributed by atoms with van der Waals surface area (Å²) in [7, 11) is 0. The molecule has 7 aromatic heterocycles. The lowest BCUT2D eigenvalue weighted by Crippen LogP contribution is -2.59. The van der Waals surface area contributed by atoms with Crippen molar-refractivity contribution in [1.82, 2.24) is 44.9 Å². The molecule has 1 fully saturated rings. The van der Waals surface area contributed by atoms with Crippen LogP contribution in [-0.2, 0) is 22.4 Å². The maximum absolute atomic E-state index is 10.5. The number of hydrogen-bond acceptors (Lipinski definition) is 21. The van der Waals surface area contributed by atoms with Gasteiger partial charge >= 0.3 is 0 Å². The summed E-state index contributed by atoms with van der Waals surface area (Å²) in [6, 6.07) is 22.1. The molecule has 1 aliphatic rings. The van der Waals surface area contributed by atoms with Crippen LogP contribution in [0.2, 0.25) is 0 Å². The van der Waals surface area contributed by atoms with E-state index < -0.39 is 42.9 Å². The van der Waals surface area contributed by atoms with E-state index in [9.17, 15) is 25.5 Å². The third-order valence-electron chi connectivity index (χ3n) is 21.7. The molecule has 0 bridgehead atoms. The predicted molar refractivity (Wildman–Crippen MR) is 516 cm³/mol. The summed E-state index contributed by atoms with van der Waals surface area (Å²) in [6.07, 6.45) is 38.2. The Morgan fingerprint density at radius 1 is 0.328 bits per heavy atom. The average molecular weight is 1790 g/mol. The first kappa shape index (κ1) is 106. The van der Waals surface area contributed by atoms with E-state index in [0.717, 1.165) is 128 Å². The minimum Gasteiger partial charge on any atom is -0.493 e. The van der Waals surface area contributed by atoms with Gasteiger partial charge in [0.15, 0.2) is 6.29 Å². The van der Waals surface area contributed by atoms with Crippen molar-refractivity contribution >= 4 is 0 Å². The molecule has 704 valence electrons. The Bertz CT molecular complexity index is 4980. The molecule has 0 amide bonds. The first-order valence-electron chi connectivity index (χ1n) is 49.1. The molecule has 5 atom stereocenters. The Kier molecular flexibility index (Phi) is 51.3. The van der Waals surface area contributed by atoms with Crippen LogP contribution in [0.5, 0.6) is 34.5 Å². The van der Waals surface area contributed by atoms with Crippen molar-refractivity contribution in [3.05, 3.63) is 153 Å². The minimum atomic E-state index is -1.52. The number of aliphatic hydroxyl groups excluding tert-OH is 4. The van der Waals surface area contributed by atoms with Gasteiger partial charge < -0.3 is 63.4 Å². The van der Waals surface area contributed by atoms with Crippen molar-refractivity contribution in [1.29, 1.82) is 0 Å². The van der Waals surface area contributed by atoms with E-state index in [2.05, 4.69) is 135 Å². The number of aromatic nitrogens is 9. The second-order valence-electron chi connectivity index (χ2n) is 34.2. The zero-order valence-electron chi connectivity index (χ0n) is 79.6. The molecule has 0 aliphatic carbocycles. The number of unbranched alkanes of at least 4 members (excludes halogenated alkanes) is 32. The van der Waals surface area contributed by atoms with Crippen LogP contribution in [-0.4, -0.2) is 160 Å². The van der Waals surface area contributed by atoms with Crippen molar-refractivity contribution in [3.8, 4) is 117 Å². The first-order chi connectivity index (χ1) is 64.0. The molecule has 7 aromatic rings. The molecule has 131 heavy (non-hydrogen) atoms. The second-order valence-corrected chi connectivity index (χ2v) is 34.2. The van der Waals surface area contributed by atoms with Gasteiger partial charge in [-0.25, -0.2) is 34.6 Å². The third-order valence-corrected chi connectivity index (χ3v) is 21.7. The van der Waals surface area contributed by atoms with Crippen molar-refractivity contribution in [3.63, 3.8) is 0 Å². The number of hydrogen-bond donors (Lipinski definition) is 5. The van der Waals surface area contributed by atoms with Gasteiger partial charge in [0.1, 0.15) is 133 Å². The molecule has 8 rings (SSSR count). The Morgan fingerprint density at radius 2 is 0.595 bits per heavy atom. The quantitative estimate of drug-likeness (QED) is 0.0175. The molecule has 1 saturated heterocycles. The monoisotopic (exact) mass is 1790 g/mol. The normalized spacial score (nSPS) is 14.4. The van der Waals surface area contributed by atoms with E-state index in [1.54, 1.807) is 24.6 Å². The molecular formula is C109H145N9O13. The van der Waals surface area contributed by atoms with Crippen molar-refractivity contribution in [2.75, 3.05) is 52.9 Å². The molecule has 0 radical (unpaired) electrons. The fourth-order valence-corrected chi connectivity index (χ4v) is 14.3.